The van der Waals surface area contributed by atoms with Gasteiger partial charge < -0.3 is 20.1 Å². The molecule has 6 heteroatoms. The Morgan fingerprint density at radius 1 is 1.32 bits per heavy atom. The zero-order valence-corrected chi connectivity index (χ0v) is 13.1. The van der Waals surface area contributed by atoms with Gasteiger partial charge in [0.2, 0.25) is 0 Å². The molecule has 0 unspecified atom stereocenters. The number of nitrogens with one attached hydrogen (secondary N) is 2. The first-order valence-corrected chi connectivity index (χ1v) is 7.71. The summed E-state index contributed by atoms with van der Waals surface area (Å²) in [5, 5.41) is 5.76. The summed E-state index contributed by atoms with van der Waals surface area (Å²) in [6.45, 7) is 5.48. The van der Waals surface area contributed by atoms with E-state index in [1.807, 2.05) is 18.2 Å². The van der Waals surface area contributed by atoms with Gasteiger partial charge in [-0.05, 0) is 18.1 Å². The van der Waals surface area contributed by atoms with E-state index in [1.54, 1.807) is 7.11 Å². The van der Waals surface area contributed by atoms with Crippen LogP contribution in [0.2, 0.25) is 0 Å². The van der Waals surface area contributed by atoms with Gasteiger partial charge in [0.1, 0.15) is 0 Å². The minimum atomic E-state index is -0.175. The molecule has 1 fully saturated rings. The van der Waals surface area contributed by atoms with Gasteiger partial charge in [-0.15, -0.1) is 0 Å². The molecule has 0 aliphatic carbocycles. The van der Waals surface area contributed by atoms with Crippen LogP contribution in [0.15, 0.2) is 24.3 Å². The predicted octanol–water partition coefficient (Wildman–Crippen LogP) is 1.68. The van der Waals surface area contributed by atoms with E-state index in [1.165, 1.54) is 0 Å². The number of benzene rings is 1. The Morgan fingerprint density at radius 2 is 2.09 bits per heavy atom. The average Bonchev–Trinajstić information content (AvgIpc) is 2.54. The standard InChI is InChI=1S/C16H25N3O3/c1-21-10-4-7-17-16(20)18-15-6-3-2-5-14(15)13-19-8-11-22-12-9-19/h2-3,5-6H,4,7-13H2,1H3,(H2,17,18,20). The van der Waals surface area contributed by atoms with E-state index in [0.717, 1.165) is 50.5 Å². The first-order valence-electron chi connectivity index (χ1n) is 7.71. The number of para-hydroxylation sites is 1. The molecular weight excluding hydrogens is 282 g/mol. The van der Waals surface area contributed by atoms with Crippen molar-refractivity contribution in [2.75, 3.05) is 51.9 Å². The molecule has 1 saturated heterocycles. The summed E-state index contributed by atoms with van der Waals surface area (Å²) in [6.07, 6.45) is 0.805. The highest BCUT2D eigenvalue weighted by Crippen LogP contribution is 2.17. The van der Waals surface area contributed by atoms with Crippen LogP contribution in [-0.2, 0) is 16.0 Å². The molecule has 1 aromatic carbocycles. The highest BCUT2D eigenvalue weighted by Gasteiger charge is 2.13. The summed E-state index contributed by atoms with van der Waals surface area (Å²) in [5.41, 5.74) is 1.98. The number of hydrogen-bond acceptors (Lipinski definition) is 4. The van der Waals surface area contributed by atoms with Crippen LogP contribution in [0.1, 0.15) is 12.0 Å². The van der Waals surface area contributed by atoms with Crippen LogP contribution >= 0.6 is 0 Å². The lowest BCUT2D eigenvalue weighted by atomic mass is 10.1. The summed E-state index contributed by atoms with van der Waals surface area (Å²) in [6, 6.07) is 7.74. The number of methoxy groups -OCH3 is 1. The van der Waals surface area contributed by atoms with Gasteiger partial charge in [0.05, 0.1) is 13.2 Å². The fourth-order valence-electron chi connectivity index (χ4n) is 2.37. The number of ether oxygens (including phenoxy) is 2. The molecule has 1 aromatic rings. The normalized spacial score (nSPS) is 15.5. The van der Waals surface area contributed by atoms with E-state index in [-0.39, 0.29) is 6.03 Å². The van der Waals surface area contributed by atoms with E-state index >= 15 is 0 Å². The van der Waals surface area contributed by atoms with Crippen molar-refractivity contribution >= 4 is 11.7 Å². The summed E-state index contributed by atoms with van der Waals surface area (Å²) in [4.78, 5) is 14.3. The molecule has 0 atom stereocenters. The molecule has 122 valence electrons. The number of amides is 2. The third-order valence-electron chi connectivity index (χ3n) is 3.57. The van der Waals surface area contributed by atoms with Crippen LogP contribution in [0.4, 0.5) is 10.5 Å². The van der Waals surface area contributed by atoms with E-state index in [4.69, 9.17) is 9.47 Å². The number of carbonyl (C=O) groups excluding carboxylic acids is 1. The van der Waals surface area contributed by atoms with Crippen LogP contribution < -0.4 is 10.6 Å². The lowest BCUT2D eigenvalue weighted by Crippen LogP contribution is -2.36. The van der Waals surface area contributed by atoms with Crippen molar-refractivity contribution in [3.63, 3.8) is 0 Å². The summed E-state index contributed by atoms with van der Waals surface area (Å²) in [7, 11) is 1.65. The molecule has 6 nitrogen and oxygen atoms in total. The Kier molecular flexibility index (Phi) is 7.15. The van der Waals surface area contributed by atoms with Gasteiger partial charge in [0.15, 0.2) is 0 Å². The lowest BCUT2D eigenvalue weighted by Gasteiger charge is -2.27. The van der Waals surface area contributed by atoms with Crippen LogP contribution in [0.5, 0.6) is 0 Å². The monoisotopic (exact) mass is 307 g/mol. The highest BCUT2D eigenvalue weighted by atomic mass is 16.5. The maximum Gasteiger partial charge on any atom is 0.319 e. The molecule has 2 rings (SSSR count). The molecule has 0 bridgehead atoms. The first kappa shape index (κ1) is 16.7. The maximum absolute atomic E-state index is 11.9. The Hall–Kier alpha value is -1.63. The van der Waals surface area contributed by atoms with Crippen molar-refractivity contribution < 1.29 is 14.3 Å². The summed E-state index contributed by atoms with van der Waals surface area (Å²) >= 11 is 0. The van der Waals surface area contributed by atoms with Crippen molar-refractivity contribution in [2.45, 2.75) is 13.0 Å². The molecular formula is C16H25N3O3. The number of carbonyl (C=O) groups is 1. The minimum absolute atomic E-state index is 0.175. The van der Waals surface area contributed by atoms with Crippen LogP contribution in [0, 0.1) is 0 Å². The number of urea groups is 1. The van der Waals surface area contributed by atoms with Crippen LogP contribution in [0.3, 0.4) is 0 Å². The molecule has 1 heterocycles. The largest absolute Gasteiger partial charge is 0.385 e. The third-order valence-corrected chi connectivity index (χ3v) is 3.57. The fraction of sp³-hybridized carbons (Fsp3) is 0.562. The van der Waals surface area contributed by atoms with Crippen molar-refractivity contribution in [3.05, 3.63) is 29.8 Å². The van der Waals surface area contributed by atoms with Crippen molar-refractivity contribution in [1.82, 2.24) is 10.2 Å². The molecule has 0 radical (unpaired) electrons. The van der Waals surface area contributed by atoms with Gasteiger partial charge >= 0.3 is 6.03 Å². The molecule has 0 spiro atoms. The van der Waals surface area contributed by atoms with Crippen LogP contribution in [0.25, 0.3) is 0 Å². The molecule has 0 aromatic heterocycles. The van der Waals surface area contributed by atoms with Gasteiger partial charge in [-0.1, -0.05) is 18.2 Å². The lowest BCUT2D eigenvalue weighted by molar-refractivity contribution is 0.0343. The number of hydrogen-bond donors (Lipinski definition) is 2. The smallest absolute Gasteiger partial charge is 0.319 e. The Bertz CT molecular complexity index is 462. The van der Waals surface area contributed by atoms with Crippen molar-refractivity contribution in [2.24, 2.45) is 0 Å². The molecule has 22 heavy (non-hydrogen) atoms. The van der Waals surface area contributed by atoms with E-state index < -0.39 is 0 Å². The Labute approximate surface area is 131 Å². The fourth-order valence-corrected chi connectivity index (χ4v) is 2.37. The Balaban J connectivity index is 1.85. The van der Waals surface area contributed by atoms with E-state index in [9.17, 15) is 4.79 Å². The van der Waals surface area contributed by atoms with Gasteiger partial charge in [0, 0.05) is 45.6 Å². The average molecular weight is 307 g/mol. The molecule has 1 aliphatic rings. The number of morpholine rings is 1. The minimum Gasteiger partial charge on any atom is -0.385 e. The van der Waals surface area contributed by atoms with Crippen LogP contribution in [-0.4, -0.2) is 57.5 Å². The maximum atomic E-state index is 11.9. The second kappa shape index (κ2) is 9.40. The zero-order valence-electron chi connectivity index (χ0n) is 13.1. The van der Waals surface area contributed by atoms with Gasteiger partial charge in [-0.25, -0.2) is 4.79 Å². The number of nitrogens with zero attached hydrogens (tertiary/aromatic N) is 1. The molecule has 0 saturated carbocycles. The van der Waals surface area contributed by atoms with E-state index in [0.29, 0.717) is 13.2 Å². The van der Waals surface area contributed by atoms with Gasteiger partial charge in [-0.2, -0.15) is 0 Å². The topological polar surface area (TPSA) is 62.8 Å². The SMILES string of the molecule is COCCCNC(=O)Nc1ccccc1CN1CCOCC1. The second-order valence-electron chi connectivity index (χ2n) is 5.27. The second-order valence-corrected chi connectivity index (χ2v) is 5.27. The summed E-state index contributed by atoms with van der Waals surface area (Å²) < 4.78 is 10.3. The summed E-state index contributed by atoms with van der Waals surface area (Å²) in [5.74, 6) is 0. The molecule has 1 aliphatic heterocycles. The van der Waals surface area contributed by atoms with Crippen molar-refractivity contribution in [1.29, 1.82) is 0 Å². The quantitative estimate of drug-likeness (QED) is 0.752. The molecule has 2 amide bonds. The van der Waals surface area contributed by atoms with Crippen molar-refractivity contribution in [3.8, 4) is 0 Å². The molecule has 2 N–H and O–H groups in total. The number of anilines is 1. The highest BCUT2D eigenvalue weighted by molar-refractivity contribution is 5.90. The third kappa shape index (κ3) is 5.63. The first-order chi connectivity index (χ1) is 10.8. The Morgan fingerprint density at radius 3 is 2.86 bits per heavy atom. The van der Waals surface area contributed by atoms with E-state index in [2.05, 4.69) is 21.6 Å². The van der Waals surface area contributed by atoms with Gasteiger partial charge in [-0.3, -0.25) is 4.90 Å². The van der Waals surface area contributed by atoms with Gasteiger partial charge in [0.25, 0.3) is 0 Å². The predicted molar refractivity (Wildman–Crippen MR) is 86.1 cm³/mol. The number of rotatable bonds is 7. The zero-order chi connectivity index (χ0) is 15.6.